The van der Waals surface area contributed by atoms with Gasteiger partial charge in [0.15, 0.2) is 0 Å². The Morgan fingerprint density at radius 3 is 1.55 bits per heavy atom. The number of hydrogen-bond donors (Lipinski definition) is 3. The van der Waals surface area contributed by atoms with Crippen LogP contribution in [0.15, 0.2) is 0 Å². The minimum atomic E-state index is -4.67. The number of rotatable bonds is 12. The van der Waals surface area contributed by atoms with Gasteiger partial charge in [-0.2, -0.15) is 8.42 Å². The Labute approximate surface area is 137 Å². The van der Waals surface area contributed by atoms with Crippen molar-refractivity contribution in [2.45, 2.75) is 85.0 Å². The summed E-state index contributed by atoms with van der Waals surface area (Å²) < 4.78 is 31.6. The molecule has 6 heteroatoms. The van der Waals surface area contributed by atoms with Crippen molar-refractivity contribution in [1.82, 2.24) is 0 Å². The maximum Gasteiger partial charge on any atom is 0.394 e. The van der Waals surface area contributed by atoms with E-state index < -0.39 is 10.4 Å². The average molecular weight is 341 g/mol. The third-order valence-corrected chi connectivity index (χ3v) is 3.76. The summed E-state index contributed by atoms with van der Waals surface area (Å²) >= 11 is 0. The Hall–Kier alpha value is -0.170. The summed E-state index contributed by atoms with van der Waals surface area (Å²) in [6.45, 7) is 7.17. The molecular weight excluding hydrogens is 304 g/mol. The van der Waals surface area contributed by atoms with E-state index in [0.29, 0.717) is 12.5 Å². The van der Waals surface area contributed by atoms with Crippen LogP contribution in [-0.2, 0) is 10.4 Å². The van der Waals surface area contributed by atoms with E-state index in [0.717, 1.165) is 5.92 Å². The van der Waals surface area contributed by atoms with E-state index in [9.17, 15) is 0 Å². The van der Waals surface area contributed by atoms with E-state index >= 15 is 0 Å². The predicted octanol–water partition coefficient (Wildman–Crippen LogP) is 4.52. The normalized spacial score (nSPS) is 14.1. The highest BCUT2D eigenvalue weighted by atomic mass is 32.3. The summed E-state index contributed by atoms with van der Waals surface area (Å²) in [5.74, 6) is 1.44. The first-order valence-corrected chi connectivity index (χ1v) is 9.91. The van der Waals surface area contributed by atoms with Crippen LogP contribution in [0.25, 0.3) is 0 Å². The van der Waals surface area contributed by atoms with Crippen molar-refractivity contribution in [2.24, 2.45) is 11.8 Å². The van der Waals surface area contributed by atoms with Crippen molar-refractivity contribution in [3.63, 3.8) is 0 Å². The molecule has 2 unspecified atom stereocenters. The zero-order valence-corrected chi connectivity index (χ0v) is 15.3. The molecule has 0 saturated carbocycles. The van der Waals surface area contributed by atoms with Gasteiger partial charge in [0.2, 0.25) is 0 Å². The molecule has 0 aliphatic carbocycles. The summed E-state index contributed by atoms with van der Waals surface area (Å²) in [4.78, 5) is 0. The van der Waals surface area contributed by atoms with Gasteiger partial charge in [-0.1, -0.05) is 78.6 Å². The monoisotopic (exact) mass is 340 g/mol. The van der Waals surface area contributed by atoms with Gasteiger partial charge in [-0.15, -0.1) is 0 Å². The molecule has 0 aliphatic rings. The van der Waals surface area contributed by atoms with Gasteiger partial charge in [-0.25, -0.2) is 0 Å². The van der Waals surface area contributed by atoms with Gasteiger partial charge < -0.3 is 5.11 Å². The van der Waals surface area contributed by atoms with Crippen LogP contribution in [0.4, 0.5) is 0 Å². The SMILES string of the molecule is CCCCC(C)CCCCCCCC(C)CO.O=S(=O)(O)O. The van der Waals surface area contributed by atoms with Crippen LogP contribution in [-0.4, -0.2) is 29.2 Å². The summed E-state index contributed by atoms with van der Waals surface area (Å²) in [5.41, 5.74) is 0. The Balaban J connectivity index is 0. The molecule has 0 spiro atoms. The van der Waals surface area contributed by atoms with E-state index in [1.54, 1.807) is 0 Å². The quantitative estimate of drug-likeness (QED) is 0.359. The lowest BCUT2D eigenvalue weighted by atomic mass is 9.96. The second-order valence-corrected chi connectivity index (χ2v) is 7.22. The Kier molecular flexibility index (Phi) is 17.2. The van der Waals surface area contributed by atoms with Crippen LogP contribution < -0.4 is 0 Å². The van der Waals surface area contributed by atoms with Gasteiger partial charge in [0.1, 0.15) is 0 Å². The van der Waals surface area contributed by atoms with Crippen LogP contribution in [0.3, 0.4) is 0 Å². The largest absolute Gasteiger partial charge is 0.396 e. The maximum atomic E-state index is 8.91. The average Bonchev–Trinajstić information content (AvgIpc) is 2.41. The summed E-state index contributed by atoms with van der Waals surface area (Å²) in [6, 6.07) is 0. The van der Waals surface area contributed by atoms with Gasteiger partial charge in [0.05, 0.1) is 0 Å². The number of aliphatic hydroxyl groups is 1. The highest BCUT2D eigenvalue weighted by Gasteiger charge is 2.02. The van der Waals surface area contributed by atoms with E-state index in [2.05, 4.69) is 20.8 Å². The fourth-order valence-electron chi connectivity index (χ4n) is 2.30. The lowest BCUT2D eigenvalue weighted by Crippen LogP contribution is -1.99. The molecular formula is C16H36O5S. The van der Waals surface area contributed by atoms with Crippen molar-refractivity contribution in [1.29, 1.82) is 0 Å². The van der Waals surface area contributed by atoms with E-state index in [-0.39, 0.29) is 0 Å². The third kappa shape index (κ3) is 28.1. The molecule has 0 aromatic carbocycles. The van der Waals surface area contributed by atoms with Gasteiger partial charge in [-0.05, 0) is 18.3 Å². The number of unbranched alkanes of at least 4 members (excludes halogenated alkanes) is 5. The topological polar surface area (TPSA) is 94.8 Å². The number of hydrogen-bond acceptors (Lipinski definition) is 3. The lowest BCUT2D eigenvalue weighted by molar-refractivity contribution is 0.227. The van der Waals surface area contributed by atoms with Crippen LogP contribution in [0, 0.1) is 11.8 Å². The molecule has 0 fully saturated rings. The molecule has 0 aromatic heterocycles. The first-order valence-electron chi connectivity index (χ1n) is 8.51. The highest BCUT2D eigenvalue weighted by molar-refractivity contribution is 7.79. The molecule has 0 bridgehead atoms. The minimum Gasteiger partial charge on any atom is -0.396 e. The summed E-state index contributed by atoms with van der Waals surface area (Å²) in [7, 11) is -4.67. The molecule has 0 rings (SSSR count). The van der Waals surface area contributed by atoms with E-state index in [4.69, 9.17) is 22.6 Å². The van der Waals surface area contributed by atoms with Gasteiger partial charge in [0.25, 0.3) is 0 Å². The second-order valence-electron chi connectivity index (χ2n) is 6.33. The van der Waals surface area contributed by atoms with E-state index in [1.165, 1.54) is 64.2 Å². The highest BCUT2D eigenvalue weighted by Crippen LogP contribution is 2.17. The fourth-order valence-corrected chi connectivity index (χ4v) is 2.30. The van der Waals surface area contributed by atoms with E-state index in [1.807, 2.05) is 0 Å². The Bertz CT molecular complexity index is 308. The lowest BCUT2D eigenvalue weighted by Gasteiger charge is -2.10. The summed E-state index contributed by atoms with van der Waals surface area (Å²) in [6.07, 6.45) is 13.7. The maximum absolute atomic E-state index is 8.91. The molecule has 136 valence electrons. The summed E-state index contributed by atoms with van der Waals surface area (Å²) in [5, 5.41) is 8.91. The van der Waals surface area contributed by atoms with Crippen LogP contribution in [0.1, 0.15) is 85.0 Å². The van der Waals surface area contributed by atoms with Crippen molar-refractivity contribution < 1.29 is 22.6 Å². The van der Waals surface area contributed by atoms with Gasteiger partial charge in [-0.3, -0.25) is 9.11 Å². The standard InChI is InChI=1S/C16H34O.H2O4S/c1-4-5-11-15(2)12-9-7-6-8-10-13-16(3)14-17;1-5(2,3)4/h15-17H,4-14H2,1-3H3;(H2,1,2,3,4). The molecule has 0 aromatic rings. The molecule has 5 nitrogen and oxygen atoms in total. The Morgan fingerprint density at radius 1 is 0.773 bits per heavy atom. The molecule has 2 atom stereocenters. The van der Waals surface area contributed by atoms with Crippen LogP contribution in [0.2, 0.25) is 0 Å². The molecule has 0 radical (unpaired) electrons. The predicted molar refractivity (Wildman–Crippen MR) is 91.4 cm³/mol. The van der Waals surface area contributed by atoms with Crippen molar-refractivity contribution in [3.8, 4) is 0 Å². The zero-order valence-electron chi connectivity index (χ0n) is 14.5. The molecule has 22 heavy (non-hydrogen) atoms. The second kappa shape index (κ2) is 15.7. The smallest absolute Gasteiger partial charge is 0.394 e. The Morgan fingerprint density at radius 2 is 1.14 bits per heavy atom. The zero-order chi connectivity index (χ0) is 17.4. The van der Waals surface area contributed by atoms with Crippen LogP contribution in [0.5, 0.6) is 0 Å². The molecule has 0 saturated heterocycles. The number of aliphatic hydroxyl groups excluding tert-OH is 1. The van der Waals surface area contributed by atoms with Crippen molar-refractivity contribution in [3.05, 3.63) is 0 Å². The van der Waals surface area contributed by atoms with Crippen LogP contribution >= 0.6 is 0 Å². The first-order chi connectivity index (χ1) is 10.2. The molecule has 0 heterocycles. The van der Waals surface area contributed by atoms with Crippen molar-refractivity contribution in [2.75, 3.05) is 6.61 Å². The minimum absolute atomic E-state index is 0.356. The molecule has 0 amide bonds. The van der Waals surface area contributed by atoms with Gasteiger partial charge in [0, 0.05) is 6.61 Å². The molecule has 0 aliphatic heterocycles. The third-order valence-electron chi connectivity index (χ3n) is 3.76. The first kappa shape index (κ1) is 24.1. The van der Waals surface area contributed by atoms with Gasteiger partial charge >= 0.3 is 10.4 Å². The fraction of sp³-hybridized carbons (Fsp3) is 1.00. The van der Waals surface area contributed by atoms with Crippen molar-refractivity contribution >= 4 is 10.4 Å². The molecule has 3 N–H and O–H groups in total.